The molecule has 1 unspecified atom stereocenters. The van der Waals surface area contributed by atoms with Gasteiger partial charge in [0.15, 0.2) is 0 Å². The lowest BCUT2D eigenvalue weighted by molar-refractivity contribution is -0.117. The van der Waals surface area contributed by atoms with E-state index in [1.54, 1.807) is 6.07 Å². The van der Waals surface area contributed by atoms with Gasteiger partial charge in [0.1, 0.15) is 17.9 Å². The Bertz CT molecular complexity index is 959. The molecule has 0 saturated carbocycles. The van der Waals surface area contributed by atoms with E-state index in [0.29, 0.717) is 24.3 Å². The highest BCUT2D eigenvalue weighted by atomic mass is 16.5. The lowest BCUT2D eigenvalue weighted by Gasteiger charge is -2.34. The van der Waals surface area contributed by atoms with Crippen molar-refractivity contribution < 1.29 is 14.3 Å². The molecule has 0 aromatic heterocycles. The van der Waals surface area contributed by atoms with E-state index >= 15 is 0 Å². The molecule has 1 N–H and O–H groups in total. The zero-order valence-corrected chi connectivity index (χ0v) is 18.1. The molecule has 2 aliphatic rings. The van der Waals surface area contributed by atoms with Crippen LogP contribution in [0.4, 0.5) is 11.4 Å². The molecule has 30 heavy (non-hydrogen) atoms. The van der Waals surface area contributed by atoms with Crippen LogP contribution in [0.5, 0.6) is 5.75 Å². The van der Waals surface area contributed by atoms with Crippen molar-refractivity contribution in [1.82, 2.24) is 4.90 Å². The Morgan fingerprint density at radius 1 is 1.10 bits per heavy atom. The summed E-state index contributed by atoms with van der Waals surface area (Å²) >= 11 is 0. The summed E-state index contributed by atoms with van der Waals surface area (Å²) in [5.41, 5.74) is 4.51. The molecular weight excluding hydrogens is 378 g/mol. The van der Waals surface area contributed by atoms with E-state index in [1.807, 2.05) is 42.0 Å². The van der Waals surface area contributed by atoms with Crippen molar-refractivity contribution in [2.45, 2.75) is 45.8 Å². The molecule has 2 aromatic rings. The quantitative estimate of drug-likeness (QED) is 0.842. The summed E-state index contributed by atoms with van der Waals surface area (Å²) in [6.45, 7) is 7.31. The zero-order chi connectivity index (χ0) is 21.4. The summed E-state index contributed by atoms with van der Waals surface area (Å²) in [4.78, 5) is 29.0. The van der Waals surface area contributed by atoms with Gasteiger partial charge in [-0.2, -0.15) is 0 Å². The lowest BCUT2D eigenvalue weighted by atomic mass is 10.0. The van der Waals surface area contributed by atoms with Gasteiger partial charge >= 0.3 is 0 Å². The molecule has 0 bridgehead atoms. The standard InChI is InChI=1S/C24H29N3O3/c1-15-6-5-7-16(2)22(15)30-19-10-12-27(13-11-19)24(29)18-8-9-21-20(14-18)25-23(28)17(3)26(21)4/h5-9,14,17,19H,10-13H2,1-4H3,(H,25,28). The molecule has 2 aromatic carbocycles. The van der Waals surface area contributed by atoms with E-state index in [0.717, 1.165) is 35.4 Å². The number of amides is 2. The summed E-state index contributed by atoms with van der Waals surface area (Å²) in [5, 5.41) is 2.91. The average molecular weight is 408 g/mol. The van der Waals surface area contributed by atoms with Crippen molar-refractivity contribution in [3.8, 4) is 5.75 Å². The Morgan fingerprint density at radius 3 is 2.43 bits per heavy atom. The maximum absolute atomic E-state index is 13.0. The number of hydrogen-bond acceptors (Lipinski definition) is 4. The number of likely N-dealkylation sites (N-methyl/N-ethyl adjacent to an activating group) is 1. The first-order chi connectivity index (χ1) is 14.3. The Balaban J connectivity index is 1.41. The van der Waals surface area contributed by atoms with Crippen molar-refractivity contribution in [1.29, 1.82) is 0 Å². The summed E-state index contributed by atoms with van der Waals surface area (Å²) in [6.07, 6.45) is 1.73. The predicted molar refractivity (Wildman–Crippen MR) is 118 cm³/mol. The van der Waals surface area contributed by atoms with Crippen LogP contribution in [0.3, 0.4) is 0 Å². The van der Waals surface area contributed by atoms with Gasteiger partial charge in [-0.05, 0) is 50.1 Å². The van der Waals surface area contributed by atoms with E-state index in [-0.39, 0.29) is 24.0 Å². The SMILES string of the molecule is Cc1cccc(C)c1OC1CCN(C(=O)c2ccc3c(c2)NC(=O)C(C)N3C)CC1. The number of hydrogen-bond donors (Lipinski definition) is 1. The highest BCUT2D eigenvalue weighted by molar-refractivity contribution is 6.05. The van der Waals surface area contributed by atoms with E-state index in [1.165, 1.54) is 0 Å². The minimum atomic E-state index is -0.227. The van der Waals surface area contributed by atoms with Crippen molar-refractivity contribution in [2.75, 3.05) is 30.4 Å². The highest BCUT2D eigenvalue weighted by Gasteiger charge is 2.29. The van der Waals surface area contributed by atoms with Gasteiger partial charge in [0, 0.05) is 38.5 Å². The minimum absolute atomic E-state index is 0.00107. The number of para-hydroxylation sites is 1. The summed E-state index contributed by atoms with van der Waals surface area (Å²) in [7, 11) is 1.89. The summed E-state index contributed by atoms with van der Waals surface area (Å²) in [5.74, 6) is 0.906. The van der Waals surface area contributed by atoms with Crippen LogP contribution < -0.4 is 15.0 Å². The molecule has 0 spiro atoms. The normalized spacial score (nSPS) is 19.3. The number of likely N-dealkylation sites (tertiary alicyclic amines) is 1. The zero-order valence-electron chi connectivity index (χ0n) is 18.1. The van der Waals surface area contributed by atoms with Gasteiger partial charge in [-0.15, -0.1) is 0 Å². The number of nitrogens with zero attached hydrogens (tertiary/aromatic N) is 2. The average Bonchev–Trinajstić information content (AvgIpc) is 2.74. The molecule has 0 aliphatic carbocycles. The second-order valence-electron chi connectivity index (χ2n) is 8.34. The van der Waals surface area contributed by atoms with Crippen LogP contribution in [-0.2, 0) is 4.79 Å². The number of ether oxygens (including phenoxy) is 1. The topological polar surface area (TPSA) is 61.9 Å². The first-order valence-electron chi connectivity index (χ1n) is 10.5. The lowest BCUT2D eigenvalue weighted by Crippen LogP contribution is -2.44. The third-order valence-corrected chi connectivity index (χ3v) is 6.26. The smallest absolute Gasteiger partial charge is 0.253 e. The molecule has 2 amide bonds. The third-order valence-electron chi connectivity index (χ3n) is 6.26. The second-order valence-corrected chi connectivity index (χ2v) is 8.34. The fourth-order valence-electron chi connectivity index (χ4n) is 4.21. The summed E-state index contributed by atoms with van der Waals surface area (Å²) in [6, 6.07) is 11.5. The van der Waals surface area contributed by atoms with Gasteiger partial charge in [0.05, 0.1) is 11.4 Å². The molecule has 2 heterocycles. The van der Waals surface area contributed by atoms with Crippen molar-refractivity contribution in [2.24, 2.45) is 0 Å². The van der Waals surface area contributed by atoms with Gasteiger partial charge < -0.3 is 19.9 Å². The predicted octanol–water partition coefficient (Wildman–Crippen LogP) is 3.76. The van der Waals surface area contributed by atoms with E-state index in [2.05, 4.69) is 31.3 Å². The Labute approximate surface area is 177 Å². The fourth-order valence-corrected chi connectivity index (χ4v) is 4.21. The first kappa shape index (κ1) is 20.3. The third kappa shape index (κ3) is 3.74. The van der Waals surface area contributed by atoms with E-state index in [9.17, 15) is 9.59 Å². The van der Waals surface area contributed by atoms with Crippen LogP contribution in [0.25, 0.3) is 0 Å². The van der Waals surface area contributed by atoms with E-state index in [4.69, 9.17) is 4.74 Å². The maximum atomic E-state index is 13.0. The number of anilines is 2. The van der Waals surface area contributed by atoms with Gasteiger partial charge in [0.25, 0.3) is 5.91 Å². The van der Waals surface area contributed by atoms with Crippen molar-refractivity contribution in [3.63, 3.8) is 0 Å². The molecule has 1 saturated heterocycles. The van der Waals surface area contributed by atoms with Crippen LogP contribution in [0.2, 0.25) is 0 Å². The number of aryl methyl sites for hydroxylation is 2. The number of carbonyl (C=O) groups is 2. The monoisotopic (exact) mass is 407 g/mol. The fraction of sp³-hybridized carbons (Fsp3) is 0.417. The van der Waals surface area contributed by atoms with Crippen LogP contribution in [0, 0.1) is 13.8 Å². The summed E-state index contributed by atoms with van der Waals surface area (Å²) < 4.78 is 6.27. The maximum Gasteiger partial charge on any atom is 0.253 e. The Morgan fingerprint density at radius 2 is 1.77 bits per heavy atom. The van der Waals surface area contributed by atoms with Crippen LogP contribution in [0.15, 0.2) is 36.4 Å². The van der Waals surface area contributed by atoms with Crippen LogP contribution in [-0.4, -0.2) is 49.0 Å². The van der Waals surface area contributed by atoms with Gasteiger partial charge in [-0.3, -0.25) is 9.59 Å². The molecule has 0 radical (unpaired) electrons. The molecule has 2 aliphatic heterocycles. The molecule has 6 heteroatoms. The van der Waals surface area contributed by atoms with Gasteiger partial charge in [0.2, 0.25) is 5.91 Å². The highest BCUT2D eigenvalue weighted by Crippen LogP contribution is 2.32. The molecule has 1 atom stereocenters. The van der Waals surface area contributed by atoms with Gasteiger partial charge in [-0.1, -0.05) is 18.2 Å². The second kappa shape index (κ2) is 8.01. The largest absolute Gasteiger partial charge is 0.490 e. The van der Waals surface area contributed by atoms with Crippen LogP contribution in [0.1, 0.15) is 41.3 Å². The van der Waals surface area contributed by atoms with Crippen molar-refractivity contribution >= 4 is 23.2 Å². The molecule has 6 nitrogen and oxygen atoms in total. The number of fused-ring (bicyclic) bond motifs is 1. The molecule has 1 fully saturated rings. The van der Waals surface area contributed by atoms with Crippen LogP contribution >= 0.6 is 0 Å². The number of rotatable bonds is 3. The number of piperidine rings is 1. The number of nitrogens with one attached hydrogen (secondary N) is 1. The number of benzene rings is 2. The van der Waals surface area contributed by atoms with Crippen molar-refractivity contribution in [3.05, 3.63) is 53.1 Å². The van der Waals surface area contributed by atoms with E-state index < -0.39 is 0 Å². The Hall–Kier alpha value is -3.02. The molecule has 4 rings (SSSR count). The molecule has 158 valence electrons. The molecular formula is C24H29N3O3. The Kier molecular flexibility index (Phi) is 5.41. The van der Waals surface area contributed by atoms with Gasteiger partial charge in [-0.25, -0.2) is 0 Å². The minimum Gasteiger partial charge on any atom is -0.490 e. The first-order valence-corrected chi connectivity index (χ1v) is 10.5. The number of carbonyl (C=O) groups excluding carboxylic acids is 2.